The summed E-state index contributed by atoms with van der Waals surface area (Å²) in [6, 6.07) is 0.673. The van der Waals surface area contributed by atoms with Crippen LogP contribution in [0, 0.1) is 5.92 Å². The summed E-state index contributed by atoms with van der Waals surface area (Å²) in [7, 11) is 0. The Kier molecular flexibility index (Phi) is 2.90. The number of rotatable bonds is 6. The van der Waals surface area contributed by atoms with Crippen LogP contribution in [0.25, 0.3) is 0 Å². The highest BCUT2D eigenvalue weighted by atomic mass is 15.1. The lowest BCUT2D eigenvalue weighted by molar-refractivity contribution is 0.690. The molecule has 5 nitrogen and oxygen atoms in total. The van der Waals surface area contributed by atoms with Crippen LogP contribution in [0.4, 0.5) is 5.69 Å². The van der Waals surface area contributed by atoms with Gasteiger partial charge in [-0.3, -0.25) is 0 Å². The fourth-order valence-electron chi connectivity index (χ4n) is 2.48. The molecule has 2 aromatic rings. The molecule has 2 aliphatic rings. The molecule has 20 heavy (non-hydrogen) atoms. The third-order valence-corrected chi connectivity index (χ3v) is 4.01. The van der Waals surface area contributed by atoms with Gasteiger partial charge in [-0.05, 0) is 31.6 Å². The molecular weight excluding hydrogens is 250 g/mol. The molecule has 2 fully saturated rings. The topological polar surface area (TPSA) is 55.6 Å². The van der Waals surface area contributed by atoms with Crippen LogP contribution in [0.15, 0.2) is 24.8 Å². The Hall–Kier alpha value is -1.91. The van der Waals surface area contributed by atoms with Crippen LogP contribution in [-0.2, 0) is 13.0 Å². The van der Waals surface area contributed by atoms with Gasteiger partial charge in [0.25, 0.3) is 0 Å². The molecule has 2 aromatic heterocycles. The molecule has 0 saturated heterocycles. The molecule has 2 heterocycles. The summed E-state index contributed by atoms with van der Waals surface area (Å²) in [6.45, 7) is 0.731. The maximum Gasteiger partial charge on any atom is 0.128 e. The summed E-state index contributed by atoms with van der Waals surface area (Å²) in [4.78, 5) is 13.3. The van der Waals surface area contributed by atoms with E-state index >= 15 is 0 Å². The second-order valence-electron chi connectivity index (χ2n) is 5.87. The number of hydrogen-bond donors (Lipinski definition) is 1. The highest BCUT2D eigenvalue weighted by Gasteiger charge is 2.25. The van der Waals surface area contributed by atoms with E-state index in [0.717, 1.165) is 36.2 Å². The van der Waals surface area contributed by atoms with Crippen molar-refractivity contribution in [2.75, 3.05) is 5.32 Å². The Morgan fingerprint density at radius 3 is 2.60 bits per heavy atom. The van der Waals surface area contributed by atoms with Crippen molar-refractivity contribution in [1.29, 1.82) is 0 Å². The smallest absolute Gasteiger partial charge is 0.128 e. The lowest BCUT2D eigenvalue weighted by atomic mass is 10.3. The Morgan fingerprint density at radius 2 is 1.90 bits per heavy atom. The molecule has 0 aliphatic heterocycles. The molecular formula is C15H19N5. The molecule has 2 aliphatic carbocycles. The van der Waals surface area contributed by atoms with E-state index in [1.807, 2.05) is 18.6 Å². The van der Waals surface area contributed by atoms with Crippen molar-refractivity contribution in [3.05, 3.63) is 36.4 Å². The second-order valence-corrected chi connectivity index (χ2v) is 5.87. The van der Waals surface area contributed by atoms with Crippen LogP contribution >= 0.6 is 0 Å². The van der Waals surface area contributed by atoms with E-state index in [9.17, 15) is 0 Å². The van der Waals surface area contributed by atoms with E-state index in [2.05, 4.69) is 31.0 Å². The maximum atomic E-state index is 4.43. The number of imidazole rings is 1. The van der Waals surface area contributed by atoms with Crippen molar-refractivity contribution in [2.24, 2.45) is 5.92 Å². The summed E-state index contributed by atoms with van der Waals surface area (Å²) < 4.78 is 2.27. The van der Waals surface area contributed by atoms with E-state index in [1.165, 1.54) is 25.7 Å². The van der Waals surface area contributed by atoms with Crippen LogP contribution in [0.5, 0.6) is 0 Å². The molecule has 0 radical (unpaired) electrons. The number of aromatic nitrogens is 4. The van der Waals surface area contributed by atoms with Crippen LogP contribution in [-0.4, -0.2) is 19.5 Å². The van der Waals surface area contributed by atoms with Gasteiger partial charge in [-0.15, -0.1) is 0 Å². The molecule has 1 N–H and O–H groups in total. The third kappa shape index (κ3) is 2.66. The van der Waals surface area contributed by atoms with Crippen LogP contribution < -0.4 is 5.32 Å². The monoisotopic (exact) mass is 269 g/mol. The quantitative estimate of drug-likeness (QED) is 0.875. The zero-order valence-corrected chi connectivity index (χ0v) is 11.5. The number of anilines is 1. The zero-order chi connectivity index (χ0) is 13.4. The summed E-state index contributed by atoms with van der Waals surface area (Å²) in [5, 5.41) is 3.36. The first kappa shape index (κ1) is 11.9. The third-order valence-electron chi connectivity index (χ3n) is 4.01. The van der Waals surface area contributed by atoms with Gasteiger partial charge in [0.05, 0.1) is 24.6 Å². The van der Waals surface area contributed by atoms with Gasteiger partial charge in [0, 0.05) is 24.9 Å². The van der Waals surface area contributed by atoms with E-state index in [-0.39, 0.29) is 0 Å². The number of nitrogens with zero attached hydrogens (tertiary/aromatic N) is 4. The first-order chi connectivity index (χ1) is 9.88. The minimum atomic E-state index is 0.673. The summed E-state index contributed by atoms with van der Waals surface area (Å²) in [5.74, 6) is 2.90. The fourth-order valence-corrected chi connectivity index (χ4v) is 2.48. The second kappa shape index (κ2) is 4.89. The Bertz CT molecular complexity index is 581. The molecule has 0 aromatic carbocycles. The molecule has 0 bridgehead atoms. The van der Waals surface area contributed by atoms with E-state index in [4.69, 9.17) is 0 Å². The van der Waals surface area contributed by atoms with Crippen LogP contribution in [0.1, 0.15) is 43.4 Å². The van der Waals surface area contributed by atoms with Gasteiger partial charge in [-0.1, -0.05) is 0 Å². The minimum Gasteiger partial charge on any atom is -0.375 e. The lowest BCUT2D eigenvalue weighted by Crippen LogP contribution is -2.08. The van der Waals surface area contributed by atoms with Crippen molar-refractivity contribution in [2.45, 2.75) is 44.7 Å². The lowest BCUT2D eigenvalue weighted by Gasteiger charge is -2.08. The Balaban J connectivity index is 1.37. The van der Waals surface area contributed by atoms with Gasteiger partial charge in [0.15, 0.2) is 0 Å². The largest absolute Gasteiger partial charge is 0.375 e. The first-order valence-corrected chi connectivity index (χ1v) is 7.45. The minimum absolute atomic E-state index is 0.673. The van der Waals surface area contributed by atoms with E-state index in [1.54, 1.807) is 0 Å². The molecule has 0 spiro atoms. The molecule has 0 atom stereocenters. The van der Waals surface area contributed by atoms with Crippen LogP contribution in [0.2, 0.25) is 0 Å². The van der Waals surface area contributed by atoms with E-state index < -0.39 is 0 Å². The molecule has 2 saturated carbocycles. The van der Waals surface area contributed by atoms with Crippen molar-refractivity contribution < 1.29 is 0 Å². The molecule has 5 heteroatoms. The van der Waals surface area contributed by atoms with Crippen molar-refractivity contribution in [3.8, 4) is 0 Å². The zero-order valence-electron chi connectivity index (χ0n) is 11.5. The SMILES string of the molecule is c1cn(C2CC2)c(CNc2cnc(CC3CC3)nc2)n1. The summed E-state index contributed by atoms with van der Waals surface area (Å²) in [6.07, 6.45) is 14.0. The molecule has 4 rings (SSSR count). The van der Waals surface area contributed by atoms with Gasteiger partial charge < -0.3 is 9.88 Å². The normalized spacial score (nSPS) is 18.2. The van der Waals surface area contributed by atoms with Gasteiger partial charge in [-0.2, -0.15) is 0 Å². The predicted molar refractivity (Wildman–Crippen MR) is 76.3 cm³/mol. The first-order valence-electron chi connectivity index (χ1n) is 7.45. The average Bonchev–Trinajstić information content (AvgIpc) is 3.40. The van der Waals surface area contributed by atoms with Gasteiger partial charge >= 0.3 is 0 Å². The Morgan fingerprint density at radius 1 is 1.10 bits per heavy atom. The van der Waals surface area contributed by atoms with E-state index in [0.29, 0.717) is 6.04 Å². The fraction of sp³-hybridized carbons (Fsp3) is 0.533. The van der Waals surface area contributed by atoms with Crippen molar-refractivity contribution >= 4 is 5.69 Å². The van der Waals surface area contributed by atoms with Gasteiger partial charge in [0.1, 0.15) is 11.6 Å². The molecule has 104 valence electrons. The maximum absolute atomic E-state index is 4.43. The molecule has 0 unspecified atom stereocenters. The summed E-state index contributed by atoms with van der Waals surface area (Å²) in [5.41, 5.74) is 0.967. The van der Waals surface area contributed by atoms with Crippen molar-refractivity contribution in [1.82, 2.24) is 19.5 Å². The number of nitrogens with one attached hydrogen (secondary N) is 1. The predicted octanol–water partition coefficient (Wildman–Crippen LogP) is 2.57. The standard InChI is InChI=1S/C15H19N5/c1-2-11(1)7-14-18-8-12(9-19-14)17-10-15-16-5-6-20(15)13-3-4-13/h5-6,8-9,11,13,17H,1-4,7,10H2. The van der Waals surface area contributed by atoms with Crippen molar-refractivity contribution in [3.63, 3.8) is 0 Å². The average molecular weight is 269 g/mol. The molecule has 0 amide bonds. The van der Waals surface area contributed by atoms with Gasteiger partial charge in [-0.25, -0.2) is 15.0 Å². The number of hydrogen-bond acceptors (Lipinski definition) is 4. The van der Waals surface area contributed by atoms with Crippen LogP contribution in [0.3, 0.4) is 0 Å². The van der Waals surface area contributed by atoms with Gasteiger partial charge in [0.2, 0.25) is 0 Å². The highest BCUT2D eigenvalue weighted by Crippen LogP contribution is 2.35. The Labute approximate surface area is 118 Å². The highest BCUT2D eigenvalue weighted by molar-refractivity contribution is 5.37. The summed E-state index contributed by atoms with van der Waals surface area (Å²) >= 11 is 0.